The summed E-state index contributed by atoms with van der Waals surface area (Å²) in [5.74, 6) is -3.16. The fraction of sp³-hybridized carbons (Fsp3) is 0.900. The minimum Gasteiger partial charge on any atom is -0.390 e. The Balaban J connectivity index is 3.27. The van der Waals surface area contributed by atoms with Gasteiger partial charge in [-0.25, -0.2) is 0 Å². The number of alkyl halides is 2. The Kier molecular flexibility index (Phi) is 6.73. The van der Waals surface area contributed by atoms with E-state index >= 15 is 0 Å². The van der Waals surface area contributed by atoms with Gasteiger partial charge in [-0.05, 0) is 22.9 Å². The highest BCUT2D eigenvalue weighted by molar-refractivity contribution is 9.09. The van der Waals surface area contributed by atoms with E-state index in [1.807, 2.05) is 0 Å². The molecule has 0 aromatic heterocycles. The summed E-state index contributed by atoms with van der Waals surface area (Å²) in [6.07, 6.45) is -1.31. The number of nitrogens with zero attached hydrogens (tertiary/aromatic N) is 6. The Hall–Kier alpha value is -1.02. The Morgan fingerprint density at radius 3 is 2.24 bits per heavy atom. The van der Waals surface area contributed by atoms with Crippen LogP contribution in [0.15, 0.2) is 10.2 Å². The average molecular weight is 382 g/mol. The predicted octanol–water partition coefficient (Wildman–Crippen LogP) is 1.76. The molecule has 9 nitrogen and oxygen atoms in total. The van der Waals surface area contributed by atoms with E-state index in [4.69, 9.17) is 22.7 Å². The number of rotatable bonds is 7. The van der Waals surface area contributed by atoms with Crippen LogP contribution in [0.3, 0.4) is 0 Å². The number of halogens is 2. The first-order chi connectivity index (χ1) is 9.97. The number of ketones is 1. The molecular weight excluding hydrogens is 368 g/mol. The van der Waals surface area contributed by atoms with Crippen molar-refractivity contribution in [2.45, 2.75) is 11.7 Å². The third-order valence-corrected chi connectivity index (χ3v) is 5.00. The molecule has 1 aliphatic rings. The Morgan fingerprint density at radius 1 is 1.29 bits per heavy atom. The van der Waals surface area contributed by atoms with E-state index in [0.717, 1.165) is 0 Å². The number of Topliss-reactive ketones (excluding diaryl/α,β-unsaturated/α-hetero) is 1. The van der Waals surface area contributed by atoms with Crippen molar-refractivity contribution in [2.24, 2.45) is 28.0 Å². The molecule has 0 amide bonds. The number of aliphatic hydroxyl groups is 2. The molecule has 5 atom stereocenters. The molecule has 1 rings (SSSR count). The van der Waals surface area contributed by atoms with Gasteiger partial charge in [0.1, 0.15) is 5.60 Å². The molecule has 0 aliphatic heterocycles. The van der Waals surface area contributed by atoms with Gasteiger partial charge < -0.3 is 10.2 Å². The number of azide groups is 2. The number of carbonyl (C=O) groups excluding carboxylic acids is 1. The Morgan fingerprint density at radius 2 is 1.81 bits per heavy atom. The van der Waals surface area contributed by atoms with Crippen LogP contribution in [0.1, 0.15) is 0 Å². The van der Waals surface area contributed by atoms with Crippen LogP contribution in [-0.2, 0) is 4.79 Å². The quantitative estimate of drug-likeness (QED) is 0.298. The van der Waals surface area contributed by atoms with E-state index in [9.17, 15) is 15.0 Å². The highest BCUT2D eigenvalue weighted by Crippen LogP contribution is 2.46. The summed E-state index contributed by atoms with van der Waals surface area (Å²) in [5.41, 5.74) is 15.1. The molecule has 0 heterocycles. The summed E-state index contributed by atoms with van der Waals surface area (Å²) in [6.45, 7) is -0.230. The number of hydrogen-bond donors (Lipinski definition) is 2. The molecule has 2 N–H and O–H groups in total. The van der Waals surface area contributed by atoms with E-state index in [1.54, 1.807) is 0 Å². The Bertz CT molecular complexity index is 495. The van der Waals surface area contributed by atoms with Crippen LogP contribution in [-0.4, -0.2) is 52.0 Å². The van der Waals surface area contributed by atoms with Crippen molar-refractivity contribution in [1.29, 1.82) is 0 Å². The minimum absolute atomic E-state index is 0.0615. The zero-order valence-electron chi connectivity index (χ0n) is 10.9. The van der Waals surface area contributed by atoms with Gasteiger partial charge in [-0.3, -0.25) is 4.79 Å². The summed E-state index contributed by atoms with van der Waals surface area (Å²) in [4.78, 5) is 17.3. The largest absolute Gasteiger partial charge is 0.390 e. The third kappa shape index (κ3) is 3.42. The smallest absolute Gasteiger partial charge is 0.153 e. The average Bonchev–Trinajstić information content (AvgIpc) is 2.71. The predicted molar refractivity (Wildman–Crippen MR) is 79.0 cm³/mol. The lowest BCUT2D eigenvalue weighted by atomic mass is 9.82. The van der Waals surface area contributed by atoms with Gasteiger partial charge in [0.2, 0.25) is 0 Å². The molecule has 1 saturated carbocycles. The number of aliphatic hydroxyl groups excluding tert-OH is 1. The number of hydrogen-bond acceptors (Lipinski definition) is 5. The van der Waals surface area contributed by atoms with Gasteiger partial charge in [0.15, 0.2) is 5.78 Å². The monoisotopic (exact) mass is 380 g/mol. The number of carbonyl (C=O) groups is 1. The van der Waals surface area contributed by atoms with Gasteiger partial charge in [-0.2, -0.15) is 0 Å². The molecule has 11 heteroatoms. The summed E-state index contributed by atoms with van der Waals surface area (Å²) < 4.78 is 0. The van der Waals surface area contributed by atoms with E-state index in [-0.39, 0.29) is 24.3 Å². The van der Waals surface area contributed by atoms with Gasteiger partial charge in [0.25, 0.3) is 0 Å². The third-order valence-electron chi connectivity index (χ3n) is 3.84. The minimum atomic E-state index is -1.75. The standard InChI is InChI=1S/C10H14BrClN6O3/c11-4-10(21)8(7(19)1-12)5(2-15-17-13)6(9(10)20)3-16-18-14/h5-6,8-9,20-21H,1-4H2/t5-,6-,8?,9-,10?/m1/s1. The molecule has 1 fully saturated rings. The molecular formula is C10H14BrClN6O3. The van der Waals surface area contributed by atoms with Gasteiger partial charge >= 0.3 is 0 Å². The lowest BCUT2D eigenvalue weighted by Crippen LogP contribution is -2.49. The maximum absolute atomic E-state index is 12.1. The van der Waals surface area contributed by atoms with Gasteiger partial charge in [-0.1, -0.05) is 26.2 Å². The lowest BCUT2D eigenvalue weighted by Gasteiger charge is -2.31. The maximum atomic E-state index is 12.1. The van der Waals surface area contributed by atoms with Crippen LogP contribution >= 0.6 is 27.5 Å². The fourth-order valence-electron chi connectivity index (χ4n) is 2.91. The summed E-state index contributed by atoms with van der Waals surface area (Å²) in [7, 11) is 0. The van der Waals surface area contributed by atoms with Crippen molar-refractivity contribution >= 4 is 33.3 Å². The van der Waals surface area contributed by atoms with Crippen LogP contribution in [0.4, 0.5) is 0 Å². The second-order valence-corrected chi connectivity index (χ2v) is 5.63. The fourth-order valence-corrected chi connectivity index (χ4v) is 3.75. The molecule has 0 bridgehead atoms. The van der Waals surface area contributed by atoms with Crippen LogP contribution in [0.25, 0.3) is 20.9 Å². The van der Waals surface area contributed by atoms with Crippen molar-refractivity contribution in [3.05, 3.63) is 20.9 Å². The zero-order chi connectivity index (χ0) is 16.0. The molecule has 0 aromatic carbocycles. The second-order valence-electron chi connectivity index (χ2n) is 4.80. The Labute approximate surface area is 133 Å². The molecule has 21 heavy (non-hydrogen) atoms. The van der Waals surface area contributed by atoms with Crippen LogP contribution < -0.4 is 0 Å². The van der Waals surface area contributed by atoms with E-state index in [2.05, 4.69) is 36.0 Å². The van der Waals surface area contributed by atoms with E-state index < -0.39 is 35.2 Å². The van der Waals surface area contributed by atoms with Gasteiger partial charge in [0, 0.05) is 28.2 Å². The molecule has 1 aliphatic carbocycles. The molecule has 0 spiro atoms. The zero-order valence-corrected chi connectivity index (χ0v) is 13.2. The summed E-state index contributed by atoms with van der Waals surface area (Å²) in [6, 6.07) is 0. The first-order valence-corrected chi connectivity index (χ1v) is 7.70. The van der Waals surface area contributed by atoms with E-state index in [1.165, 1.54) is 0 Å². The van der Waals surface area contributed by atoms with Crippen LogP contribution in [0, 0.1) is 17.8 Å². The maximum Gasteiger partial charge on any atom is 0.153 e. The van der Waals surface area contributed by atoms with Gasteiger partial charge in [0.05, 0.1) is 17.9 Å². The summed E-state index contributed by atoms with van der Waals surface area (Å²) in [5, 5.41) is 27.7. The lowest BCUT2D eigenvalue weighted by molar-refractivity contribution is -0.133. The highest BCUT2D eigenvalue weighted by Gasteiger charge is 2.60. The first-order valence-electron chi connectivity index (χ1n) is 6.04. The van der Waals surface area contributed by atoms with Crippen LogP contribution in [0.2, 0.25) is 0 Å². The highest BCUT2D eigenvalue weighted by atomic mass is 79.9. The van der Waals surface area contributed by atoms with Crippen molar-refractivity contribution in [2.75, 3.05) is 24.3 Å². The molecule has 0 aromatic rings. The molecule has 116 valence electrons. The SMILES string of the molecule is [N-]=[N+]=NC[C@H]1[C@@H](O)C(O)(CBr)C(C(=O)CCl)[C@@H]1CN=[N+]=[N-]. The van der Waals surface area contributed by atoms with Crippen molar-refractivity contribution in [3.63, 3.8) is 0 Å². The van der Waals surface area contributed by atoms with Crippen LogP contribution in [0.5, 0.6) is 0 Å². The van der Waals surface area contributed by atoms with Gasteiger partial charge in [-0.15, -0.1) is 11.6 Å². The summed E-state index contributed by atoms with van der Waals surface area (Å²) >= 11 is 8.66. The second kappa shape index (κ2) is 7.84. The van der Waals surface area contributed by atoms with E-state index in [0.29, 0.717) is 0 Å². The van der Waals surface area contributed by atoms with Crippen molar-refractivity contribution in [1.82, 2.24) is 0 Å². The van der Waals surface area contributed by atoms with Crippen molar-refractivity contribution < 1.29 is 15.0 Å². The van der Waals surface area contributed by atoms with Crippen molar-refractivity contribution in [3.8, 4) is 0 Å². The topological polar surface area (TPSA) is 155 Å². The molecule has 0 saturated heterocycles. The first kappa shape index (κ1) is 18.0. The molecule has 2 unspecified atom stereocenters. The molecule has 0 radical (unpaired) electrons. The normalized spacial score (nSPS) is 34.9.